The second-order valence-corrected chi connectivity index (χ2v) is 4.64. The summed E-state index contributed by atoms with van der Waals surface area (Å²) < 4.78 is 11.2. The van der Waals surface area contributed by atoms with Crippen LogP contribution < -0.4 is 15.2 Å². The number of ether oxygens (including phenoxy) is 2. The van der Waals surface area contributed by atoms with Gasteiger partial charge < -0.3 is 15.2 Å². The molecule has 0 bridgehead atoms. The zero-order valence-electron chi connectivity index (χ0n) is 10.4. The number of hydrogen-bond donors (Lipinski definition) is 1. The summed E-state index contributed by atoms with van der Waals surface area (Å²) in [6.07, 6.45) is 7.75. The first-order valence-electron chi connectivity index (χ1n) is 6.40. The first-order chi connectivity index (χ1) is 8.29. The van der Waals surface area contributed by atoms with Gasteiger partial charge in [0.05, 0.1) is 18.9 Å². The number of hydrogen-bond acceptors (Lipinski definition) is 3. The molecular formula is C14H21NO2. The van der Waals surface area contributed by atoms with Gasteiger partial charge in [-0.1, -0.05) is 12.8 Å². The van der Waals surface area contributed by atoms with E-state index in [-0.39, 0.29) is 0 Å². The fourth-order valence-corrected chi connectivity index (χ4v) is 2.28. The molecule has 2 N–H and O–H groups in total. The Hall–Kier alpha value is -1.38. The van der Waals surface area contributed by atoms with E-state index in [0.29, 0.717) is 11.8 Å². The molecule has 0 unspecified atom stereocenters. The summed E-state index contributed by atoms with van der Waals surface area (Å²) in [7, 11) is 1.65. The smallest absolute Gasteiger partial charge is 0.146 e. The minimum absolute atomic E-state index is 0.312. The van der Waals surface area contributed by atoms with Gasteiger partial charge in [0.1, 0.15) is 11.5 Å². The van der Waals surface area contributed by atoms with E-state index in [9.17, 15) is 0 Å². The topological polar surface area (TPSA) is 44.5 Å². The van der Waals surface area contributed by atoms with Gasteiger partial charge in [-0.05, 0) is 37.8 Å². The van der Waals surface area contributed by atoms with E-state index in [0.717, 1.165) is 24.3 Å². The summed E-state index contributed by atoms with van der Waals surface area (Å²) in [6, 6.07) is 5.57. The van der Waals surface area contributed by atoms with E-state index in [4.69, 9.17) is 15.2 Å². The van der Waals surface area contributed by atoms with Crippen LogP contribution in [0.25, 0.3) is 0 Å². The van der Waals surface area contributed by atoms with Crippen LogP contribution in [0.3, 0.4) is 0 Å². The lowest BCUT2D eigenvalue weighted by Gasteiger charge is -2.18. The molecule has 0 spiro atoms. The van der Waals surface area contributed by atoms with Crippen LogP contribution in [0.2, 0.25) is 0 Å². The quantitative estimate of drug-likeness (QED) is 0.645. The Morgan fingerprint density at radius 1 is 1.12 bits per heavy atom. The van der Waals surface area contributed by atoms with Crippen molar-refractivity contribution in [2.24, 2.45) is 0 Å². The molecule has 17 heavy (non-hydrogen) atoms. The molecule has 1 aromatic carbocycles. The molecule has 0 saturated heterocycles. The summed E-state index contributed by atoms with van der Waals surface area (Å²) in [5.41, 5.74) is 6.61. The molecule has 1 aromatic rings. The largest absolute Gasteiger partial charge is 0.497 e. The van der Waals surface area contributed by atoms with Crippen LogP contribution in [0.5, 0.6) is 11.5 Å². The Bertz CT molecular complexity index is 357. The van der Waals surface area contributed by atoms with Crippen molar-refractivity contribution in [1.29, 1.82) is 0 Å². The van der Waals surface area contributed by atoms with Gasteiger partial charge in [0, 0.05) is 6.07 Å². The lowest BCUT2D eigenvalue weighted by atomic mass is 10.1. The molecular weight excluding hydrogens is 214 g/mol. The van der Waals surface area contributed by atoms with Gasteiger partial charge in [0.15, 0.2) is 0 Å². The summed E-state index contributed by atoms with van der Waals surface area (Å²) in [5, 5.41) is 0. The van der Waals surface area contributed by atoms with E-state index in [1.54, 1.807) is 7.11 Å². The maximum atomic E-state index is 6.00. The predicted octanol–water partition coefficient (Wildman–Crippen LogP) is 3.38. The summed E-state index contributed by atoms with van der Waals surface area (Å²) in [5.74, 6) is 1.55. The van der Waals surface area contributed by atoms with Crippen molar-refractivity contribution >= 4 is 5.69 Å². The standard InChI is InChI=1S/C14H21NO2/c1-16-12-8-9-13(15)14(10-12)17-11-6-4-2-3-5-7-11/h8-11H,2-7,15H2,1H3. The molecule has 3 nitrogen and oxygen atoms in total. The average molecular weight is 235 g/mol. The van der Waals surface area contributed by atoms with Crippen LogP contribution in [0, 0.1) is 0 Å². The number of benzene rings is 1. The van der Waals surface area contributed by atoms with Crippen LogP contribution >= 0.6 is 0 Å². The lowest BCUT2D eigenvalue weighted by Crippen LogP contribution is -2.15. The van der Waals surface area contributed by atoms with E-state index < -0.39 is 0 Å². The Morgan fingerprint density at radius 3 is 2.47 bits per heavy atom. The van der Waals surface area contributed by atoms with Gasteiger partial charge in [-0.25, -0.2) is 0 Å². The van der Waals surface area contributed by atoms with Crippen molar-refractivity contribution < 1.29 is 9.47 Å². The molecule has 0 amide bonds. The van der Waals surface area contributed by atoms with Gasteiger partial charge in [-0.15, -0.1) is 0 Å². The third-order valence-electron chi connectivity index (χ3n) is 3.32. The molecule has 0 aromatic heterocycles. The Morgan fingerprint density at radius 2 is 1.82 bits per heavy atom. The SMILES string of the molecule is COc1ccc(N)c(OC2CCCCCC2)c1. The van der Waals surface area contributed by atoms with Crippen LogP contribution in [0.15, 0.2) is 18.2 Å². The molecule has 0 heterocycles. The molecule has 94 valence electrons. The van der Waals surface area contributed by atoms with Gasteiger partial charge >= 0.3 is 0 Å². The molecule has 0 radical (unpaired) electrons. The molecule has 1 saturated carbocycles. The molecule has 1 aliphatic rings. The van der Waals surface area contributed by atoms with Gasteiger partial charge in [0.25, 0.3) is 0 Å². The minimum atomic E-state index is 0.312. The predicted molar refractivity (Wildman–Crippen MR) is 69.5 cm³/mol. The second kappa shape index (κ2) is 5.80. The van der Waals surface area contributed by atoms with E-state index in [1.165, 1.54) is 25.7 Å². The third-order valence-corrected chi connectivity index (χ3v) is 3.32. The lowest BCUT2D eigenvalue weighted by molar-refractivity contribution is 0.184. The highest BCUT2D eigenvalue weighted by atomic mass is 16.5. The van der Waals surface area contributed by atoms with Crippen molar-refractivity contribution in [3.05, 3.63) is 18.2 Å². The fraction of sp³-hybridized carbons (Fsp3) is 0.571. The normalized spacial score (nSPS) is 17.5. The monoisotopic (exact) mass is 235 g/mol. The Kier molecular flexibility index (Phi) is 4.13. The highest BCUT2D eigenvalue weighted by Crippen LogP contribution is 2.30. The average Bonchev–Trinajstić information content (AvgIpc) is 2.60. The van der Waals surface area contributed by atoms with Crippen LogP contribution in [-0.4, -0.2) is 13.2 Å². The van der Waals surface area contributed by atoms with Crippen molar-refractivity contribution in [2.75, 3.05) is 12.8 Å². The first kappa shape index (κ1) is 12.1. The van der Waals surface area contributed by atoms with Crippen molar-refractivity contribution in [2.45, 2.75) is 44.6 Å². The zero-order valence-corrected chi connectivity index (χ0v) is 10.4. The first-order valence-corrected chi connectivity index (χ1v) is 6.40. The van der Waals surface area contributed by atoms with E-state index >= 15 is 0 Å². The molecule has 1 aliphatic carbocycles. The molecule has 0 atom stereocenters. The molecule has 2 rings (SSSR count). The Balaban J connectivity index is 2.05. The highest BCUT2D eigenvalue weighted by molar-refractivity contribution is 5.55. The van der Waals surface area contributed by atoms with Crippen molar-refractivity contribution in [3.63, 3.8) is 0 Å². The number of rotatable bonds is 3. The maximum absolute atomic E-state index is 6.00. The van der Waals surface area contributed by atoms with Gasteiger partial charge in [-0.2, -0.15) is 0 Å². The summed E-state index contributed by atoms with van der Waals surface area (Å²) >= 11 is 0. The Labute approximate surface area is 103 Å². The van der Waals surface area contributed by atoms with E-state index in [2.05, 4.69) is 0 Å². The second-order valence-electron chi connectivity index (χ2n) is 4.64. The van der Waals surface area contributed by atoms with Gasteiger partial charge in [-0.3, -0.25) is 0 Å². The van der Waals surface area contributed by atoms with Crippen LogP contribution in [0.4, 0.5) is 5.69 Å². The molecule has 3 heteroatoms. The van der Waals surface area contributed by atoms with E-state index in [1.807, 2.05) is 18.2 Å². The number of anilines is 1. The fourth-order valence-electron chi connectivity index (χ4n) is 2.28. The van der Waals surface area contributed by atoms with Crippen LogP contribution in [0.1, 0.15) is 38.5 Å². The molecule has 1 fully saturated rings. The third kappa shape index (κ3) is 3.29. The highest BCUT2D eigenvalue weighted by Gasteiger charge is 2.15. The zero-order chi connectivity index (χ0) is 12.1. The maximum Gasteiger partial charge on any atom is 0.146 e. The molecule has 0 aliphatic heterocycles. The summed E-state index contributed by atoms with van der Waals surface area (Å²) in [4.78, 5) is 0. The number of nitrogens with two attached hydrogens (primary N) is 1. The summed E-state index contributed by atoms with van der Waals surface area (Å²) in [6.45, 7) is 0. The minimum Gasteiger partial charge on any atom is -0.497 e. The van der Waals surface area contributed by atoms with Gasteiger partial charge in [0.2, 0.25) is 0 Å². The number of methoxy groups -OCH3 is 1. The number of nitrogen functional groups attached to an aromatic ring is 1. The van der Waals surface area contributed by atoms with Crippen molar-refractivity contribution in [1.82, 2.24) is 0 Å². The van der Waals surface area contributed by atoms with Crippen LogP contribution in [-0.2, 0) is 0 Å². The van der Waals surface area contributed by atoms with Crippen molar-refractivity contribution in [3.8, 4) is 11.5 Å².